The summed E-state index contributed by atoms with van der Waals surface area (Å²) < 4.78 is 0. The molecule has 4 nitrogen and oxygen atoms in total. The van der Waals surface area contributed by atoms with Gasteiger partial charge in [-0.25, -0.2) is 0 Å². The zero-order valence-corrected chi connectivity index (χ0v) is 15.6. The summed E-state index contributed by atoms with van der Waals surface area (Å²) in [7, 11) is 0. The molecule has 24 heavy (non-hydrogen) atoms. The summed E-state index contributed by atoms with van der Waals surface area (Å²) in [6.45, 7) is 8.01. The van der Waals surface area contributed by atoms with Crippen molar-refractivity contribution >= 4 is 23.2 Å². The van der Waals surface area contributed by atoms with Crippen LogP contribution >= 0.6 is 11.3 Å². The van der Waals surface area contributed by atoms with Gasteiger partial charge in [0.2, 0.25) is 0 Å². The largest absolute Gasteiger partial charge is 0.481 e. The quantitative estimate of drug-likeness (QED) is 0.882. The Labute approximate surface area is 147 Å². The van der Waals surface area contributed by atoms with Crippen molar-refractivity contribution in [1.82, 2.24) is 4.90 Å². The van der Waals surface area contributed by atoms with E-state index in [0.29, 0.717) is 37.3 Å². The minimum absolute atomic E-state index is 0.0885. The van der Waals surface area contributed by atoms with Crippen molar-refractivity contribution in [3.05, 3.63) is 21.4 Å². The fourth-order valence-electron chi connectivity index (χ4n) is 3.85. The number of likely N-dealkylation sites (tertiary alicyclic amines) is 1. The van der Waals surface area contributed by atoms with Crippen LogP contribution in [-0.4, -0.2) is 35.0 Å². The summed E-state index contributed by atoms with van der Waals surface area (Å²) >= 11 is 1.65. The summed E-state index contributed by atoms with van der Waals surface area (Å²) in [6.07, 6.45) is 4.49. The number of aliphatic carboxylic acids is 1. The Kier molecular flexibility index (Phi) is 4.73. The van der Waals surface area contributed by atoms with Gasteiger partial charge in [-0.2, -0.15) is 0 Å². The molecule has 3 rings (SSSR count). The molecule has 1 amide bonds. The molecule has 2 heterocycles. The lowest BCUT2D eigenvalue weighted by molar-refractivity contribution is -0.143. The van der Waals surface area contributed by atoms with Gasteiger partial charge in [-0.3, -0.25) is 9.59 Å². The molecule has 2 aliphatic rings. The highest BCUT2D eigenvalue weighted by atomic mass is 32.1. The second-order valence-corrected chi connectivity index (χ2v) is 9.41. The maximum atomic E-state index is 12.8. The number of nitrogens with zero attached hydrogens (tertiary/aromatic N) is 1. The summed E-state index contributed by atoms with van der Waals surface area (Å²) in [5.74, 6) is -0.264. The Morgan fingerprint density at radius 1 is 1.21 bits per heavy atom. The Morgan fingerprint density at radius 3 is 2.46 bits per heavy atom. The molecule has 1 aliphatic heterocycles. The third kappa shape index (κ3) is 3.51. The maximum Gasteiger partial charge on any atom is 0.306 e. The minimum atomic E-state index is -0.734. The van der Waals surface area contributed by atoms with Crippen molar-refractivity contribution in [2.75, 3.05) is 13.1 Å². The average Bonchev–Trinajstić information content (AvgIpc) is 2.96. The molecular weight excluding hydrogens is 322 g/mol. The fourth-order valence-corrected chi connectivity index (χ4v) is 5.03. The number of carboxylic acid groups (broad SMARTS) is 1. The molecule has 1 saturated heterocycles. The zero-order valence-electron chi connectivity index (χ0n) is 14.8. The first-order chi connectivity index (χ1) is 11.3. The molecule has 132 valence electrons. The number of amides is 1. The monoisotopic (exact) mass is 349 g/mol. The van der Waals surface area contributed by atoms with Crippen molar-refractivity contribution in [1.29, 1.82) is 0 Å². The van der Waals surface area contributed by atoms with E-state index in [1.807, 2.05) is 4.90 Å². The third-order valence-corrected chi connectivity index (χ3v) is 6.87. The summed E-state index contributed by atoms with van der Waals surface area (Å²) in [6, 6.07) is 2.10. The summed E-state index contributed by atoms with van der Waals surface area (Å²) in [4.78, 5) is 27.8. The zero-order chi connectivity index (χ0) is 17.5. The first kappa shape index (κ1) is 17.5. The highest BCUT2D eigenvalue weighted by Crippen LogP contribution is 2.40. The lowest BCUT2D eigenvalue weighted by atomic mass is 9.72. The molecule has 0 aromatic carbocycles. The number of carbonyl (C=O) groups excluding carboxylic acids is 1. The van der Waals surface area contributed by atoms with Crippen molar-refractivity contribution in [3.8, 4) is 0 Å². The molecule has 1 N–H and O–H groups in total. The first-order valence-electron chi connectivity index (χ1n) is 8.89. The number of piperidine rings is 1. The summed E-state index contributed by atoms with van der Waals surface area (Å²) in [5, 5.41) is 9.08. The van der Waals surface area contributed by atoms with E-state index in [4.69, 9.17) is 5.11 Å². The van der Waals surface area contributed by atoms with Crippen molar-refractivity contribution in [2.24, 2.45) is 17.3 Å². The topological polar surface area (TPSA) is 57.6 Å². The highest BCUT2D eigenvalue weighted by Gasteiger charge is 2.32. The molecule has 1 fully saturated rings. The number of rotatable bonds is 2. The Hall–Kier alpha value is -1.36. The van der Waals surface area contributed by atoms with Crippen LogP contribution in [0, 0.1) is 17.3 Å². The van der Waals surface area contributed by atoms with Crippen LogP contribution in [-0.2, 0) is 17.6 Å². The van der Waals surface area contributed by atoms with Crippen LogP contribution in [0.5, 0.6) is 0 Å². The van der Waals surface area contributed by atoms with Gasteiger partial charge in [-0.05, 0) is 55.1 Å². The number of fused-ring (bicyclic) bond motifs is 1. The van der Waals surface area contributed by atoms with E-state index in [-0.39, 0.29) is 11.8 Å². The Bertz CT molecular complexity index is 636. The van der Waals surface area contributed by atoms with E-state index in [1.165, 1.54) is 16.9 Å². The molecule has 1 atom stereocenters. The second-order valence-electron chi connectivity index (χ2n) is 8.27. The maximum absolute atomic E-state index is 12.8. The van der Waals surface area contributed by atoms with E-state index in [2.05, 4.69) is 26.8 Å². The van der Waals surface area contributed by atoms with Gasteiger partial charge in [0.05, 0.1) is 10.8 Å². The van der Waals surface area contributed by atoms with Crippen LogP contribution in [0.4, 0.5) is 0 Å². The molecule has 1 aliphatic carbocycles. The van der Waals surface area contributed by atoms with Gasteiger partial charge >= 0.3 is 5.97 Å². The number of thiophene rings is 1. The van der Waals surface area contributed by atoms with Gasteiger partial charge in [0.25, 0.3) is 5.91 Å². The number of carbonyl (C=O) groups is 2. The highest BCUT2D eigenvalue weighted by molar-refractivity contribution is 7.14. The molecule has 0 spiro atoms. The van der Waals surface area contributed by atoms with Gasteiger partial charge in [-0.1, -0.05) is 20.8 Å². The van der Waals surface area contributed by atoms with Crippen LogP contribution in [0.2, 0.25) is 0 Å². The van der Waals surface area contributed by atoms with E-state index in [1.54, 1.807) is 11.3 Å². The molecule has 1 aromatic rings. The average molecular weight is 349 g/mol. The van der Waals surface area contributed by atoms with Crippen LogP contribution in [0.3, 0.4) is 0 Å². The van der Waals surface area contributed by atoms with Crippen molar-refractivity contribution in [2.45, 2.75) is 52.9 Å². The van der Waals surface area contributed by atoms with Gasteiger partial charge in [0.1, 0.15) is 0 Å². The fraction of sp³-hybridized carbons (Fsp3) is 0.684. The van der Waals surface area contributed by atoms with Crippen LogP contribution in [0.1, 0.15) is 60.1 Å². The van der Waals surface area contributed by atoms with Crippen molar-refractivity contribution < 1.29 is 14.7 Å². The van der Waals surface area contributed by atoms with E-state index < -0.39 is 5.97 Å². The number of hydrogen-bond donors (Lipinski definition) is 1. The molecule has 0 bridgehead atoms. The Balaban J connectivity index is 1.68. The molecular formula is C19H27NO3S. The van der Waals surface area contributed by atoms with E-state index in [0.717, 1.165) is 17.7 Å². The standard InChI is InChI=1S/C19H27NO3S/c1-19(2,3)14-4-5-15-13(10-14)11-16(24-15)17(21)20-8-6-12(7-9-20)18(22)23/h11-12,14H,4-10H2,1-3H3,(H,22,23). The van der Waals surface area contributed by atoms with Crippen LogP contribution in [0.15, 0.2) is 6.07 Å². The lowest BCUT2D eigenvalue weighted by Crippen LogP contribution is -2.39. The predicted molar refractivity (Wildman–Crippen MR) is 95.6 cm³/mol. The number of carboxylic acids is 1. The predicted octanol–water partition coefficient (Wildman–Crippen LogP) is 3.84. The molecule has 0 radical (unpaired) electrons. The van der Waals surface area contributed by atoms with Crippen molar-refractivity contribution in [3.63, 3.8) is 0 Å². The molecule has 1 aromatic heterocycles. The molecule has 0 saturated carbocycles. The van der Waals surface area contributed by atoms with E-state index in [9.17, 15) is 9.59 Å². The lowest BCUT2D eigenvalue weighted by Gasteiger charge is -2.33. The third-order valence-electron chi connectivity index (χ3n) is 5.65. The smallest absolute Gasteiger partial charge is 0.306 e. The Morgan fingerprint density at radius 2 is 1.88 bits per heavy atom. The summed E-state index contributed by atoms with van der Waals surface area (Å²) in [5.41, 5.74) is 1.66. The van der Waals surface area contributed by atoms with Gasteiger partial charge in [-0.15, -0.1) is 11.3 Å². The SMILES string of the molecule is CC(C)(C)C1CCc2sc(C(=O)N3CCC(C(=O)O)CC3)cc2C1. The van der Waals surface area contributed by atoms with Gasteiger partial charge in [0.15, 0.2) is 0 Å². The van der Waals surface area contributed by atoms with Crippen LogP contribution < -0.4 is 0 Å². The van der Waals surface area contributed by atoms with Crippen LogP contribution in [0.25, 0.3) is 0 Å². The normalized spacial score (nSPS) is 22.3. The molecule has 1 unspecified atom stereocenters. The second kappa shape index (κ2) is 6.51. The van der Waals surface area contributed by atoms with Gasteiger partial charge in [0, 0.05) is 18.0 Å². The first-order valence-corrected chi connectivity index (χ1v) is 9.71. The minimum Gasteiger partial charge on any atom is -0.481 e. The van der Waals surface area contributed by atoms with E-state index >= 15 is 0 Å². The molecule has 5 heteroatoms. The number of aryl methyl sites for hydroxylation is 1. The van der Waals surface area contributed by atoms with Gasteiger partial charge < -0.3 is 10.0 Å². The number of hydrogen-bond acceptors (Lipinski definition) is 3.